The standard InChI is InChI=1S/C18H23N3OS/c1-14(23-17-7-5-4-6-8-17)13-20-18(22)21(3)15(2)16-9-11-19-12-10-16/h4-12,14-15H,13H2,1-3H3,(H,20,22)/t14-,15+/m1/s1. The fourth-order valence-electron chi connectivity index (χ4n) is 2.17. The summed E-state index contributed by atoms with van der Waals surface area (Å²) in [7, 11) is 1.81. The van der Waals surface area contributed by atoms with Crippen LogP contribution in [-0.2, 0) is 0 Å². The number of nitrogens with one attached hydrogen (secondary N) is 1. The number of pyridine rings is 1. The Morgan fingerprint density at radius 2 is 1.83 bits per heavy atom. The summed E-state index contributed by atoms with van der Waals surface area (Å²) in [5.74, 6) is 0. The topological polar surface area (TPSA) is 45.2 Å². The zero-order valence-corrected chi connectivity index (χ0v) is 14.6. The Labute approximate surface area is 142 Å². The van der Waals surface area contributed by atoms with Crippen molar-refractivity contribution < 1.29 is 4.79 Å². The number of hydrogen-bond donors (Lipinski definition) is 1. The van der Waals surface area contributed by atoms with E-state index in [-0.39, 0.29) is 12.1 Å². The Kier molecular flexibility index (Phi) is 6.47. The Hall–Kier alpha value is -2.01. The molecule has 0 unspecified atom stereocenters. The van der Waals surface area contributed by atoms with E-state index in [4.69, 9.17) is 0 Å². The lowest BCUT2D eigenvalue weighted by molar-refractivity contribution is 0.194. The molecule has 1 heterocycles. The second-order valence-electron chi connectivity index (χ2n) is 5.49. The molecular weight excluding hydrogens is 306 g/mol. The van der Waals surface area contributed by atoms with Crippen LogP contribution in [0.4, 0.5) is 4.79 Å². The summed E-state index contributed by atoms with van der Waals surface area (Å²) in [6.45, 7) is 4.76. The van der Waals surface area contributed by atoms with E-state index in [0.29, 0.717) is 11.8 Å². The Morgan fingerprint density at radius 3 is 2.48 bits per heavy atom. The van der Waals surface area contributed by atoms with Gasteiger partial charge in [-0.05, 0) is 36.8 Å². The normalized spacial score (nSPS) is 13.2. The van der Waals surface area contributed by atoms with Crippen LogP contribution >= 0.6 is 11.8 Å². The molecule has 0 radical (unpaired) electrons. The number of benzene rings is 1. The summed E-state index contributed by atoms with van der Waals surface area (Å²) in [4.78, 5) is 19.2. The van der Waals surface area contributed by atoms with E-state index in [1.165, 1.54) is 4.90 Å². The number of nitrogens with zero attached hydrogens (tertiary/aromatic N) is 2. The smallest absolute Gasteiger partial charge is 0.317 e. The predicted molar refractivity (Wildman–Crippen MR) is 95.6 cm³/mol. The number of aromatic nitrogens is 1. The van der Waals surface area contributed by atoms with Crippen LogP contribution in [0.25, 0.3) is 0 Å². The fourth-order valence-corrected chi connectivity index (χ4v) is 3.12. The molecule has 0 aliphatic heterocycles. The first-order chi connectivity index (χ1) is 11.1. The zero-order valence-electron chi connectivity index (χ0n) is 13.8. The average Bonchev–Trinajstić information content (AvgIpc) is 2.60. The minimum Gasteiger partial charge on any atom is -0.337 e. The van der Waals surface area contributed by atoms with Crippen molar-refractivity contribution in [2.75, 3.05) is 13.6 Å². The third-order valence-corrected chi connectivity index (χ3v) is 4.82. The molecule has 0 fully saturated rings. The SMILES string of the molecule is C[C@H](CNC(=O)N(C)[C@@H](C)c1ccncc1)Sc1ccccc1. The monoisotopic (exact) mass is 329 g/mol. The van der Waals surface area contributed by atoms with Gasteiger partial charge in [0, 0.05) is 36.1 Å². The van der Waals surface area contributed by atoms with Gasteiger partial charge in [-0.25, -0.2) is 4.79 Å². The molecule has 2 atom stereocenters. The molecule has 0 spiro atoms. The summed E-state index contributed by atoms with van der Waals surface area (Å²) in [6, 6.07) is 14.0. The number of urea groups is 1. The molecule has 4 nitrogen and oxygen atoms in total. The summed E-state index contributed by atoms with van der Waals surface area (Å²) >= 11 is 1.76. The lowest BCUT2D eigenvalue weighted by Gasteiger charge is -2.26. The molecule has 2 aromatic rings. The van der Waals surface area contributed by atoms with E-state index in [0.717, 1.165) is 5.56 Å². The number of carbonyl (C=O) groups excluding carboxylic acids is 1. The Bertz CT molecular complexity index is 606. The first-order valence-electron chi connectivity index (χ1n) is 7.70. The van der Waals surface area contributed by atoms with Gasteiger partial charge in [-0.2, -0.15) is 0 Å². The molecule has 0 aliphatic rings. The van der Waals surface area contributed by atoms with Gasteiger partial charge in [0.15, 0.2) is 0 Å². The molecule has 0 aliphatic carbocycles. The summed E-state index contributed by atoms with van der Waals surface area (Å²) in [5, 5.41) is 3.31. The van der Waals surface area contributed by atoms with E-state index in [1.807, 2.05) is 44.3 Å². The number of rotatable bonds is 6. The largest absolute Gasteiger partial charge is 0.337 e. The van der Waals surface area contributed by atoms with E-state index in [1.54, 1.807) is 29.1 Å². The van der Waals surface area contributed by atoms with Crippen LogP contribution < -0.4 is 5.32 Å². The van der Waals surface area contributed by atoms with Crippen molar-refractivity contribution in [1.82, 2.24) is 15.2 Å². The van der Waals surface area contributed by atoms with Gasteiger partial charge in [0.1, 0.15) is 0 Å². The second kappa shape index (κ2) is 8.58. The summed E-state index contributed by atoms with van der Waals surface area (Å²) in [6.07, 6.45) is 3.49. The van der Waals surface area contributed by atoms with Crippen molar-refractivity contribution in [3.8, 4) is 0 Å². The molecular formula is C18H23N3OS. The average molecular weight is 329 g/mol. The molecule has 0 bridgehead atoms. The first kappa shape index (κ1) is 17.3. The highest BCUT2D eigenvalue weighted by molar-refractivity contribution is 8.00. The fraction of sp³-hybridized carbons (Fsp3) is 0.333. The molecule has 0 saturated carbocycles. The molecule has 2 amide bonds. The molecule has 5 heteroatoms. The highest BCUT2D eigenvalue weighted by atomic mass is 32.2. The third-order valence-electron chi connectivity index (χ3n) is 3.71. The van der Waals surface area contributed by atoms with Gasteiger partial charge in [-0.3, -0.25) is 4.98 Å². The van der Waals surface area contributed by atoms with Gasteiger partial charge in [-0.1, -0.05) is 25.1 Å². The molecule has 2 rings (SSSR count). The van der Waals surface area contributed by atoms with Crippen LogP contribution in [0.2, 0.25) is 0 Å². The van der Waals surface area contributed by atoms with Crippen LogP contribution in [-0.4, -0.2) is 34.8 Å². The van der Waals surface area contributed by atoms with Gasteiger partial charge >= 0.3 is 6.03 Å². The van der Waals surface area contributed by atoms with Crippen molar-refractivity contribution >= 4 is 17.8 Å². The van der Waals surface area contributed by atoms with E-state index >= 15 is 0 Å². The highest BCUT2D eigenvalue weighted by Crippen LogP contribution is 2.22. The maximum atomic E-state index is 12.3. The van der Waals surface area contributed by atoms with Crippen molar-refractivity contribution in [3.63, 3.8) is 0 Å². The van der Waals surface area contributed by atoms with Gasteiger partial charge in [0.05, 0.1) is 6.04 Å². The van der Waals surface area contributed by atoms with Crippen molar-refractivity contribution in [1.29, 1.82) is 0 Å². The van der Waals surface area contributed by atoms with Crippen molar-refractivity contribution in [2.45, 2.75) is 30.0 Å². The number of carbonyl (C=O) groups is 1. The molecule has 1 aromatic heterocycles. The zero-order chi connectivity index (χ0) is 16.7. The predicted octanol–water partition coefficient (Wildman–Crippen LogP) is 3.96. The van der Waals surface area contributed by atoms with Crippen LogP contribution in [0.3, 0.4) is 0 Å². The first-order valence-corrected chi connectivity index (χ1v) is 8.58. The lowest BCUT2D eigenvalue weighted by atomic mass is 10.1. The van der Waals surface area contributed by atoms with Crippen LogP contribution in [0.1, 0.15) is 25.5 Å². The number of amides is 2. The second-order valence-corrected chi connectivity index (χ2v) is 7.01. The van der Waals surface area contributed by atoms with Gasteiger partial charge in [-0.15, -0.1) is 11.8 Å². The van der Waals surface area contributed by atoms with E-state index in [9.17, 15) is 4.79 Å². The van der Waals surface area contributed by atoms with Crippen LogP contribution in [0.5, 0.6) is 0 Å². The number of hydrogen-bond acceptors (Lipinski definition) is 3. The highest BCUT2D eigenvalue weighted by Gasteiger charge is 2.17. The number of thioether (sulfide) groups is 1. The van der Waals surface area contributed by atoms with E-state index < -0.39 is 0 Å². The minimum absolute atomic E-state index is 0.00934. The van der Waals surface area contributed by atoms with Gasteiger partial charge in [0.25, 0.3) is 0 Å². The van der Waals surface area contributed by atoms with Crippen molar-refractivity contribution in [3.05, 3.63) is 60.4 Å². The van der Waals surface area contributed by atoms with Crippen LogP contribution in [0, 0.1) is 0 Å². The minimum atomic E-state index is -0.0603. The van der Waals surface area contributed by atoms with Gasteiger partial charge < -0.3 is 10.2 Å². The maximum absolute atomic E-state index is 12.3. The Balaban J connectivity index is 1.82. The van der Waals surface area contributed by atoms with Crippen molar-refractivity contribution in [2.24, 2.45) is 0 Å². The Morgan fingerprint density at radius 1 is 1.17 bits per heavy atom. The maximum Gasteiger partial charge on any atom is 0.317 e. The summed E-state index contributed by atoms with van der Waals surface area (Å²) in [5.41, 5.74) is 1.07. The third kappa shape index (κ3) is 5.28. The molecule has 23 heavy (non-hydrogen) atoms. The van der Waals surface area contributed by atoms with Gasteiger partial charge in [0.2, 0.25) is 0 Å². The van der Waals surface area contributed by atoms with E-state index in [2.05, 4.69) is 29.4 Å². The molecule has 0 saturated heterocycles. The van der Waals surface area contributed by atoms with Crippen LogP contribution in [0.15, 0.2) is 59.8 Å². The molecule has 1 aromatic carbocycles. The molecule has 1 N–H and O–H groups in total. The lowest BCUT2D eigenvalue weighted by Crippen LogP contribution is -2.41. The molecule has 122 valence electrons. The summed E-state index contributed by atoms with van der Waals surface area (Å²) < 4.78 is 0. The quantitative estimate of drug-likeness (QED) is 0.816.